The van der Waals surface area contributed by atoms with Crippen LogP contribution < -0.4 is 0 Å². The monoisotopic (exact) mass is 177 g/mol. The maximum Gasteiger partial charge on any atom is 0.0589 e. The highest BCUT2D eigenvalue weighted by Gasteiger charge is 2.29. The van der Waals surface area contributed by atoms with Crippen LogP contribution in [0.3, 0.4) is 0 Å². The second kappa shape index (κ2) is 4.29. The van der Waals surface area contributed by atoms with E-state index in [1.165, 1.54) is 6.42 Å². The number of nitrogens with zero attached hydrogens (tertiary/aromatic N) is 1. The van der Waals surface area contributed by atoms with Crippen LogP contribution in [0.2, 0.25) is 0 Å². The summed E-state index contributed by atoms with van der Waals surface area (Å²) in [6.45, 7) is 4.48. The molecule has 0 aromatic carbocycles. The zero-order valence-corrected chi connectivity index (χ0v) is 7.72. The second-order valence-electron chi connectivity index (χ2n) is 3.24. The predicted molar refractivity (Wildman–Crippen MR) is 46.9 cm³/mol. The summed E-state index contributed by atoms with van der Waals surface area (Å²) in [5.74, 6) is 1.30. The zero-order chi connectivity index (χ0) is 8.27. The Labute approximate surface area is 73.1 Å². The summed E-state index contributed by atoms with van der Waals surface area (Å²) in [5, 5.41) is 9.05. The van der Waals surface area contributed by atoms with Gasteiger partial charge in [-0.15, -0.1) is 11.6 Å². The molecule has 2 unspecified atom stereocenters. The molecule has 1 N–H and O–H groups in total. The summed E-state index contributed by atoms with van der Waals surface area (Å²) < 4.78 is 0. The standard InChI is InChI=1S/C8H16ClNO/c1-7-2-4-10(5-3-9)8(7)6-11/h7-8,11H,2-6H2,1H3. The lowest BCUT2D eigenvalue weighted by Crippen LogP contribution is -2.36. The highest BCUT2D eigenvalue weighted by Crippen LogP contribution is 2.22. The van der Waals surface area contributed by atoms with E-state index in [-0.39, 0.29) is 6.61 Å². The predicted octanol–water partition coefficient (Wildman–Crippen LogP) is 0.928. The van der Waals surface area contributed by atoms with E-state index in [9.17, 15) is 0 Å². The molecule has 0 aliphatic carbocycles. The molecule has 0 saturated carbocycles. The van der Waals surface area contributed by atoms with E-state index in [2.05, 4.69) is 11.8 Å². The summed E-state index contributed by atoms with van der Waals surface area (Å²) >= 11 is 5.63. The Bertz CT molecular complexity index is 119. The summed E-state index contributed by atoms with van der Waals surface area (Å²) in [5.41, 5.74) is 0. The first kappa shape index (κ1) is 9.30. The van der Waals surface area contributed by atoms with Gasteiger partial charge in [0.15, 0.2) is 0 Å². The Kier molecular flexibility index (Phi) is 3.63. The molecule has 0 aromatic rings. The van der Waals surface area contributed by atoms with Crippen LogP contribution in [-0.4, -0.2) is 41.6 Å². The maximum atomic E-state index is 9.05. The number of hydrogen-bond acceptors (Lipinski definition) is 2. The molecule has 0 spiro atoms. The second-order valence-corrected chi connectivity index (χ2v) is 3.62. The van der Waals surface area contributed by atoms with Gasteiger partial charge in [0.1, 0.15) is 0 Å². The van der Waals surface area contributed by atoms with Crippen LogP contribution in [0, 0.1) is 5.92 Å². The highest BCUT2D eigenvalue weighted by atomic mass is 35.5. The fourth-order valence-corrected chi connectivity index (χ4v) is 1.99. The van der Waals surface area contributed by atoms with Gasteiger partial charge in [0.2, 0.25) is 0 Å². The molecule has 0 amide bonds. The fourth-order valence-electron chi connectivity index (χ4n) is 1.77. The molecule has 0 aromatic heterocycles. The average Bonchev–Trinajstić information content (AvgIpc) is 2.33. The van der Waals surface area contributed by atoms with Crippen molar-refractivity contribution in [1.82, 2.24) is 4.90 Å². The van der Waals surface area contributed by atoms with E-state index in [1.807, 2.05) is 0 Å². The van der Waals surface area contributed by atoms with E-state index >= 15 is 0 Å². The molecular weight excluding hydrogens is 162 g/mol. The topological polar surface area (TPSA) is 23.5 Å². The third kappa shape index (κ3) is 2.08. The number of aliphatic hydroxyl groups is 1. The summed E-state index contributed by atoms with van der Waals surface area (Å²) in [7, 11) is 0. The zero-order valence-electron chi connectivity index (χ0n) is 6.96. The van der Waals surface area contributed by atoms with Crippen molar-refractivity contribution in [2.24, 2.45) is 5.92 Å². The Hall–Kier alpha value is 0.210. The van der Waals surface area contributed by atoms with Gasteiger partial charge in [-0.25, -0.2) is 0 Å². The van der Waals surface area contributed by atoms with Crippen LogP contribution in [0.5, 0.6) is 0 Å². The number of aliphatic hydroxyl groups excluding tert-OH is 1. The van der Waals surface area contributed by atoms with Crippen LogP contribution in [0.15, 0.2) is 0 Å². The number of rotatable bonds is 3. The Morgan fingerprint density at radius 1 is 1.64 bits per heavy atom. The van der Waals surface area contributed by atoms with Crippen molar-refractivity contribution in [1.29, 1.82) is 0 Å². The summed E-state index contributed by atoms with van der Waals surface area (Å²) in [6, 6.07) is 0.355. The van der Waals surface area contributed by atoms with Crippen LogP contribution in [0.25, 0.3) is 0 Å². The number of halogens is 1. The van der Waals surface area contributed by atoms with Crippen LogP contribution in [-0.2, 0) is 0 Å². The molecule has 2 atom stereocenters. The van der Waals surface area contributed by atoms with Crippen molar-refractivity contribution in [2.45, 2.75) is 19.4 Å². The third-order valence-electron chi connectivity index (χ3n) is 2.56. The van der Waals surface area contributed by atoms with Gasteiger partial charge in [0.25, 0.3) is 0 Å². The Balaban J connectivity index is 2.40. The van der Waals surface area contributed by atoms with Gasteiger partial charge in [0.05, 0.1) is 6.61 Å². The van der Waals surface area contributed by atoms with Crippen LogP contribution in [0.4, 0.5) is 0 Å². The van der Waals surface area contributed by atoms with Gasteiger partial charge < -0.3 is 5.11 Å². The summed E-state index contributed by atoms with van der Waals surface area (Å²) in [6.07, 6.45) is 1.20. The Morgan fingerprint density at radius 3 is 2.91 bits per heavy atom. The van der Waals surface area contributed by atoms with Crippen molar-refractivity contribution in [2.75, 3.05) is 25.6 Å². The normalized spacial score (nSPS) is 33.0. The van der Waals surface area contributed by atoms with Crippen LogP contribution >= 0.6 is 11.6 Å². The highest BCUT2D eigenvalue weighted by molar-refractivity contribution is 6.18. The molecule has 3 heteroatoms. The smallest absolute Gasteiger partial charge is 0.0589 e. The minimum absolute atomic E-state index is 0.276. The van der Waals surface area contributed by atoms with E-state index < -0.39 is 0 Å². The van der Waals surface area contributed by atoms with Crippen molar-refractivity contribution in [3.05, 3.63) is 0 Å². The first-order valence-electron chi connectivity index (χ1n) is 4.20. The lowest BCUT2D eigenvalue weighted by Gasteiger charge is -2.23. The van der Waals surface area contributed by atoms with Gasteiger partial charge in [-0.3, -0.25) is 4.90 Å². The molecule has 1 heterocycles. The van der Waals surface area contributed by atoms with E-state index in [0.717, 1.165) is 13.1 Å². The maximum absolute atomic E-state index is 9.05. The molecule has 0 bridgehead atoms. The third-order valence-corrected chi connectivity index (χ3v) is 2.73. The molecular formula is C8H16ClNO. The number of alkyl halides is 1. The van der Waals surface area contributed by atoms with Crippen LogP contribution in [0.1, 0.15) is 13.3 Å². The van der Waals surface area contributed by atoms with Crippen molar-refractivity contribution in [3.63, 3.8) is 0 Å². The van der Waals surface area contributed by atoms with Gasteiger partial charge >= 0.3 is 0 Å². The number of hydrogen-bond donors (Lipinski definition) is 1. The number of likely N-dealkylation sites (tertiary alicyclic amines) is 1. The first-order chi connectivity index (χ1) is 5.29. The summed E-state index contributed by atoms with van der Waals surface area (Å²) in [4.78, 5) is 2.28. The van der Waals surface area contributed by atoms with Gasteiger partial charge in [-0.2, -0.15) is 0 Å². The molecule has 1 rings (SSSR count). The SMILES string of the molecule is CC1CCN(CCCl)C1CO. The molecule has 11 heavy (non-hydrogen) atoms. The molecule has 2 nitrogen and oxygen atoms in total. The van der Waals surface area contributed by atoms with Gasteiger partial charge in [-0.1, -0.05) is 6.92 Å². The minimum atomic E-state index is 0.276. The van der Waals surface area contributed by atoms with Gasteiger partial charge in [0, 0.05) is 18.5 Å². The molecule has 1 aliphatic heterocycles. The molecule has 1 saturated heterocycles. The Morgan fingerprint density at radius 2 is 2.36 bits per heavy atom. The molecule has 66 valence electrons. The quantitative estimate of drug-likeness (QED) is 0.649. The minimum Gasteiger partial charge on any atom is -0.395 e. The van der Waals surface area contributed by atoms with E-state index in [1.54, 1.807) is 0 Å². The van der Waals surface area contributed by atoms with Crippen molar-refractivity contribution >= 4 is 11.6 Å². The molecule has 0 radical (unpaired) electrons. The largest absolute Gasteiger partial charge is 0.395 e. The fraction of sp³-hybridized carbons (Fsp3) is 1.00. The van der Waals surface area contributed by atoms with Crippen molar-refractivity contribution < 1.29 is 5.11 Å². The lowest BCUT2D eigenvalue weighted by atomic mass is 10.0. The van der Waals surface area contributed by atoms with E-state index in [0.29, 0.717) is 17.8 Å². The van der Waals surface area contributed by atoms with Crippen molar-refractivity contribution in [3.8, 4) is 0 Å². The lowest BCUT2D eigenvalue weighted by molar-refractivity contribution is 0.145. The van der Waals surface area contributed by atoms with E-state index in [4.69, 9.17) is 16.7 Å². The average molecular weight is 178 g/mol. The van der Waals surface area contributed by atoms with Gasteiger partial charge in [-0.05, 0) is 18.9 Å². The molecule has 1 aliphatic rings. The first-order valence-corrected chi connectivity index (χ1v) is 4.74. The molecule has 1 fully saturated rings.